The number of hydrogen-bond acceptors (Lipinski definition) is 5. The normalized spacial score (nSPS) is 15.8. The number of hydrogen-bond donors (Lipinski definition) is 1. The van der Waals surface area contributed by atoms with E-state index in [2.05, 4.69) is 11.4 Å². The maximum Gasteiger partial charge on any atom is 0.306 e. The van der Waals surface area contributed by atoms with Crippen molar-refractivity contribution in [3.63, 3.8) is 0 Å². The summed E-state index contributed by atoms with van der Waals surface area (Å²) >= 11 is 0. The Morgan fingerprint density at radius 3 is 2.75 bits per heavy atom. The summed E-state index contributed by atoms with van der Waals surface area (Å²) in [6, 6.07) is 7.28. The van der Waals surface area contributed by atoms with Crippen LogP contribution in [0.5, 0.6) is 11.5 Å². The lowest BCUT2D eigenvalue weighted by atomic mass is 10.1. The Morgan fingerprint density at radius 1 is 1.25 bits per heavy atom. The fraction of sp³-hybridized carbons (Fsp3) is 0.444. The molecule has 0 saturated heterocycles. The zero-order chi connectivity index (χ0) is 17.2. The van der Waals surface area contributed by atoms with Gasteiger partial charge in [0.1, 0.15) is 6.61 Å². The second kappa shape index (κ2) is 9.60. The van der Waals surface area contributed by atoms with Gasteiger partial charge in [0.2, 0.25) is 0 Å². The maximum absolute atomic E-state index is 11.6. The Morgan fingerprint density at radius 2 is 2.04 bits per heavy atom. The summed E-state index contributed by atoms with van der Waals surface area (Å²) in [5, 5.41) is 2.64. The molecule has 1 aliphatic carbocycles. The number of carbonyl (C=O) groups excluding carboxylic acids is 2. The number of rotatable bonds is 9. The summed E-state index contributed by atoms with van der Waals surface area (Å²) < 4.78 is 15.7. The predicted molar refractivity (Wildman–Crippen MR) is 88.9 cm³/mol. The highest BCUT2D eigenvalue weighted by molar-refractivity contribution is 5.80. The largest absolute Gasteiger partial charge is 0.493 e. The third kappa shape index (κ3) is 5.95. The summed E-state index contributed by atoms with van der Waals surface area (Å²) in [5.41, 5.74) is 0. The van der Waals surface area contributed by atoms with Crippen molar-refractivity contribution in [2.75, 3.05) is 26.9 Å². The quantitative estimate of drug-likeness (QED) is 0.425. The van der Waals surface area contributed by atoms with E-state index in [1.54, 1.807) is 19.2 Å². The van der Waals surface area contributed by atoms with Gasteiger partial charge in [0.15, 0.2) is 18.1 Å². The molecule has 1 amide bonds. The minimum Gasteiger partial charge on any atom is -0.493 e. The molecule has 1 atom stereocenters. The third-order valence-corrected chi connectivity index (χ3v) is 3.66. The SMILES string of the molecule is COc1ccccc1OCCNC(=O)COC(=O)C[C@H]1C=CCC1. The smallest absolute Gasteiger partial charge is 0.306 e. The fourth-order valence-corrected chi connectivity index (χ4v) is 2.42. The Labute approximate surface area is 141 Å². The van der Waals surface area contributed by atoms with Gasteiger partial charge >= 0.3 is 5.97 Å². The molecule has 24 heavy (non-hydrogen) atoms. The number of nitrogens with one attached hydrogen (secondary N) is 1. The van der Waals surface area contributed by atoms with Gasteiger partial charge < -0.3 is 19.5 Å². The van der Waals surface area contributed by atoms with Crippen molar-refractivity contribution in [1.82, 2.24) is 5.32 Å². The molecule has 2 rings (SSSR count). The van der Waals surface area contributed by atoms with E-state index in [0.717, 1.165) is 12.8 Å². The minimum atomic E-state index is -0.341. The highest BCUT2D eigenvalue weighted by Crippen LogP contribution is 2.25. The van der Waals surface area contributed by atoms with Crippen LogP contribution < -0.4 is 14.8 Å². The number of methoxy groups -OCH3 is 1. The van der Waals surface area contributed by atoms with Crippen LogP contribution in [0, 0.1) is 5.92 Å². The van der Waals surface area contributed by atoms with Gasteiger partial charge in [0.25, 0.3) is 5.91 Å². The molecule has 0 aliphatic heterocycles. The number of para-hydroxylation sites is 2. The van der Waals surface area contributed by atoms with Crippen molar-refractivity contribution < 1.29 is 23.8 Å². The van der Waals surface area contributed by atoms with Crippen molar-refractivity contribution in [2.45, 2.75) is 19.3 Å². The molecule has 1 aromatic carbocycles. The van der Waals surface area contributed by atoms with Gasteiger partial charge in [-0.2, -0.15) is 0 Å². The van der Waals surface area contributed by atoms with E-state index in [9.17, 15) is 9.59 Å². The molecular weight excluding hydrogens is 310 g/mol. The van der Waals surface area contributed by atoms with Crippen LogP contribution in [0.4, 0.5) is 0 Å². The van der Waals surface area contributed by atoms with Crippen LogP contribution in [-0.4, -0.2) is 38.7 Å². The number of allylic oxidation sites excluding steroid dienone is 2. The molecule has 0 saturated carbocycles. The Bertz CT molecular complexity index is 585. The molecule has 0 bridgehead atoms. The van der Waals surface area contributed by atoms with Crippen LogP contribution in [0.15, 0.2) is 36.4 Å². The van der Waals surface area contributed by atoms with Gasteiger partial charge in [-0.05, 0) is 30.9 Å². The molecule has 1 aliphatic rings. The minimum absolute atomic E-state index is 0.245. The standard InChI is InChI=1S/C18H23NO5/c1-22-15-8-4-5-9-16(15)23-11-10-19-17(20)13-24-18(21)12-14-6-2-3-7-14/h2,4-6,8-9,14H,3,7,10-13H2,1H3,(H,19,20)/t14-/m0/s1. The highest BCUT2D eigenvalue weighted by Gasteiger charge is 2.15. The number of amides is 1. The lowest BCUT2D eigenvalue weighted by molar-refractivity contribution is -0.149. The third-order valence-electron chi connectivity index (χ3n) is 3.66. The number of carbonyl (C=O) groups is 2. The lowest BCUT2D eigenvalue weighted by Gasteiger charge is -2.11. The summed E-state index contributed by atoms with van der Waals surface area (Å²) in [4.78, 5) is 23.3. The highest BCUT2D eigenvalue weighted by atomic mass is 16.5. The molecule has 0 radical (unpaired) electrons. The van der Waals surface area contributed by atoms with Crippen LogP contribution >= 0.6 is 0 Å². The Balaban J connectivity index is 1.57. The monoisotopic (exact) mass is 333 g/mol. The van der Waals surface area contributed by atoms with Gasteiger partial charge in [-0.3, -0.25) is 9.59 Å². The molecule has 6 nitrogen and oxygen atoms in total. The van der Waals surface area contributed by atoms with Crippen molar-refractivity contribution >= 4 is 11.9 Å². The summed E-state index contributed by atoms with van der Waals surface area (Å²) in [6.45, 7) is 0.358. The van der Waals surface area contributed by atoms with Crippen LogP contribution in [-0.2, 0) is 14.3 Å². The van der Waals surface area contributed by atoms with E-state index in [0.29, 0.717) is 31.1 Å². The molecule has 1 N–H and O–H groups in total. The molecule has 0 fully saturated rings. The van der Waals surface area contributed by atoms with E-state index in [-0.39, 0.29) is 24.4 Å². The van der Waals surface area contributed by atoms with Crippen molar-refractivity contribution in [3.8, 4) is 11.5 Å². The molecule has 130 valence electrons. The number of esters is 1. The summed E-state index contributed by atoms with van der Waals surface area (Å²) in [5.74, 6) is 0.819. The van der Waals surface area contributed by atoms with Gasteiger partial charge in [-0.15, -0.1) is 0 Å². The van der Waals surface area contributed by atoms with Crippen LogP contribution in [0.2, 0.25) is 0 Å². The first-order valence-corrected chi connectivity index (χ1v) is 8.04. The second-order valence-corrected chi connectivity index (χ2v) is 5.48. The van der Waals surface area contributed by atoms with Crippen molar-refractivity contribution in [3.05, 3.63) is 36.4 Å². The van der Waals surface area contributed by atoms with Gasteiger partial charge in [-0.1, -0.05) is 24.3 Å². The lowest BCUT2D eigenvalue weighted by Crippen LogP contribution is -2.32. The van der Waals surface area contributed by atoms with Crippen molar-refractivity contribution in [2.24, 2.45) is 5.92 Å². The van der Waals surface area contributed by atoms with Crippen LogP contribution in [0.25, 0.3) is 0 Å². The second-order valence-electron chi connectivity index (χ2n) is 5.48. The first kappa shape index (κ1) is 17.8. The molecule has 0 spiro atoms. The summed E-state index contributed by atoms with van der Waals surface area (Å²) in [7, 11) is 1.57. The Kier molecular flexibility index (Phi) is 7.14. The van der Waals surface area contributed by atoms with Crippen molar-refractivity contribution in [1.29, 1.82) is 0 Å². The van der Waals surface area contributed by atoms with Gasteiger partial charge in [0, 0.05) is 0 Å². The number of ether oxygens (including phenoxy) is 3. The van der Waals surface area contributed by atoms with Crippen LogP contribution in [0.3, 0.4) is 0 Å². The average Bonchev–Trinajstić information content (AvgIpc) is 3.10. The zero-order valence-corrected chi connectivity index (χ0v) is 13.8. The molecular formula is C18H23NO5. The molecule has 0 aromatic heterocycles. The van der Waals surface area contributed by atoms with E-state index >= 15 is 0 Å². The average molecular weight is 333 g/mol. The van der Waals surface area contributed by atoms with Gasteiger partial charge in [-0.25, -0.2) is 0 Å². The summed E-state index contributed by atoms with van der Waals surface area (Å²) in [6.07, 6.45) is 6.40. The maximum atomic E-state index is 11.6. The topological polar surface area (TPSA) is 73.9 Å². The van der Waals surface area contributed by atoms with Crippen LogP contribution in [0.1, 0.15) is 19.3 Å². The molecule has 0 unspecified atom stereocenters. The van der Waals surface area contributed by atoms with E-state index < -0.39 is 0 Å². The van der Waals surface area contributed by atoms with E-state index in [1.807, 2.05) is 18.2 Å². The van der Waals surface area contributed by atoms with E-state index in [4.69, 9.17) is 14.2 Å². The van der Waals surface area contributed by atoms with E-state index in [1.165, 1.54) is 0 Å². The first-order chi connectivity index (χ1) is 11.7. The van der Waals surface area contributed by atoms with Gasteiger partial charge in [0.05, 0.1) is 20.1 Å². The predicted octanol–water partition coefficient (Wildman–Crippen LogP) is 2.09. The first-order valence-electron chi connectivity index (χ1n) is 8.04. The zero-order valence-electron chi connectivity index (χ0n) is 13.8. The molecule has 0 heterocycles. The fourth-order valence-electron chi connectivity index (χ4n) is 2.42. The number of benzene rings is 1. The Hall–Kier alpha value is -2.50. The molecule has 6 heteroatoms. The molecule has 1 aromatic rings.